The summed E-state index contributed by atoms with van der Waals surface area (Å²) in [5.74, 6) is 0.971. The summed E-state index contributed by atoms with van der Waals surface area (Å²) in [6, 6.07) is 5.42. The Kier molecular flexibility index (Phi) is 6.48. The second-order valence-electron chi connectivity index (χ2n) is 8.82. The van der Waals surface area contributed by atoms with Gasteiger partial charge in [-0.2, -0.15) is 0 Å². The summed E-state index contributed by atoms with van der Waals surface area (Å²) in [5.41, 5.74) is -0.0485. The van der Waals surface area contributed by atoms with Crippen LogP contribution in [0.15, 0.2) is 24.4 Å². The number of hydrogen-bond acceptors (Lipinski definition) is 6. The zero-order valence-corrected chi connectivity index (χ0v) is 18.3. The first kappa shape index (κ1) is 21.9. The average molecular weight is 415 g/mol. The first-order valence-corrected chi connectivity index (χ1v) is 10.4. The molecule has 0 bridgehead atoms. The number of piperidine rings is 1. The summed E-state index contributed by atoms with van der Waals surface area (Å²) >= 11 is 0. The van der Waals surface area contributed by atoms with Crippen LogP contribution in [0.5, 0.6) is 11.6 Å². The van der Waals surface area contributed by atoms with Gasteiger partial charge >= 0.3 is 6.09 Å². The standard InChI is InChI=1S/C23H30N2O5/c1-15(2)28-20-12-19-16(11-17(20)14-26)8-9-24-21(19)29-18-7-6-10-25(13-18)22(27)30-23(3,4)5/h8-9,11-12,14-15,18H,6-7,10,13H2,1-5H3. The van der Waals surface area contributed by atoms with Crippen molar-refractivity contribution in [1.82, 2.24) is 9.88 Å². The van der Waals surface area contributed by atoms with Crippen molar-refractivity contribution in [3.63, 3.8) is 0 Å². The second-order valence-corrected chi connectivity index (χ2v) is 8.82. The third kappa shape index (κ3) is 5.40. The molecule has 2 heterocycles. The zero-order chi connectivity index (χ0) is 21.9. The maximum absolute atomic E-state index is 12.4. The van der Waals surface area contributed by atoms with E-state index in [0.29, 0.717) is 30.3 Å². The van der Waals surface area contributed by atoms with E-state index < -0.39 is 5.60 Å². The highest BCUT2D eigenvalue weighted by molar-refractivity contribution is 5.94. The van der Waals surface area contributed by atoms with Gasteiger partial charge in [0.1, 0.15) is 17.5 Å². The fourth-order valence-corrected chi connectivity index (χ4v) is 3.42. The SMILES string of the molecule is CC(C)Oc1cc2c(OC3CCCN(C(=O)OC(C)(C)C)C3)nccc2cc1C=O. The highest BCUT2D eigenvalue weighted by Crippen LogP contribution is 2.32. The Morgan fingerprint density at radius 1 is 1.30 bits per heavy atom. The van der Waals surface area contributed by atoms with Crippen LogP contribution >= 0.6 is 0 Å². The van der Waals surface area contributed by atoms with E-state index in [1.54, 1.807) is 23.2 Å². The van der Waals surface area contributed by atoms with Gasteiger partial charge in [-0.15, -0.1) is 0 Å². The molecule has 1 amide bonds. The normalized spacial score (nSPS) is 17.1. The molecular formula is C23H30N2O5. The van der Waals surface area contributed by atoms with Crippen LogP contribution in [0.25, 0.3) is 10.8 Å². The molecule has 162 valence electrons. The molecule has 30 heavy (non-hydrogen) atoms. The minimum absolute atomic E-state index is 0.0667. The molecule has 1 unspecified atom stereocenters. The Morgan fingerprint density at radius 3 is 2.73 bits per heavy atom. The molecular weight excluding hydrogens is 384 g/mol. The van der Waals surface area contributed by atoms with Crippen molar-refractivity contribution >= 4 is 23.2 Å². The number of amides is 1. The molecule has 3 rings (SSSR count). The maximum Gasteiger partial charge on any atom is 0.410 e. The van der Waals surface area contributed by atoms with E-state index in [9.17, 15) is 9.59 Å². The molecule has 1 aromatic carbocycles. The topological polar surface area (TPSA) is 78.0 Å². The lowest BCUT2D eigenvalue weighted by atomic mass is 10.1. The smallest absolute Gasteiger partial charge is 0.410 e. The van der Waals surface area contributed by atoms with Gasteiger partial charge in [0.05, 0.1) is 18.2 Å². The van der Waals surface area contributed by atoms with Gasteiger partial charge in [0, 0.05) is 18.1 Å². The van der Waals surface area contributed by atoms with Crippen molar-refractivity contribution < 1.29 is 23.8 Å². The highest BCUT2D eigenvalue weighted by atomic mass is 16.6. The molecule has 7 heteroatoms. The summed E-state index contributed by atoms with van der Waals surface area (Å²) in [7, 11) is 0. The van der Waals surface area contributed by atoms with Crippen molar-refractivity contribution in [2.24, 2.45) is 0 Å². The maximum atomic E-state index is 12.4. The van der Waals surface area contributed by atoms with Crippen molar-refractivity contribution in [2.75, 3.05) is 13.1 Å². The number of pyridine rings is 1. The number of ether oxygens (including phenoxy) is 3. The van der Waals surface area contributed by atoms with Gasteiger partial charge in [0.2, 0.25) is 5.88 Å². The van der Waals surface area contributed by atoms with Crippen LogP contribution in [-0.2, 0) is 4.74 Å². The minimum Gasteiger partial charge on any atom is -0.490 e. The molecule has 0 radical (unpaired) electrons. The molecule has 7 nitrogen and oxygen atoms in total. The van der Waals surface area contributed by atoms with Crippen LogP contribution in [0.4, 0.5) is 4.79 Å². The first-order valence-electron chi connectivity index (χ1n) is 10.4. The Balaban J connectivity index is 1.82. The number of hydrogen-bond donors (Lipinski definition) is 0. The van der Waals surface area contributed by atoms with Gasteiger partial charge in [-0.3, -0.25) is 4.79 Å². The van der Waals surface area contributed by atoms with Crippen molar-refractivity contribution in [3.05, 3.63) is 30.0 Å². The molecule has 0 N–H and O–H groups in total. The third-order valence-corrected chi connectivity index (χ3v) is 4.66. The number of carbonyl (C=O) groups excluding carboxylic acids is 2. The second kappa shape index (κ2) is 8.90. The average Bonchev–Trinajstić information content (AvgIpc) is 2.66. The molecule has 0 saturated carbocycles. The van der Waals surface area contributed by atoms with E-state index in [4.69, 9.17) is 14.2 Å². The number of likely N-dealkylation sites (tertiary alicyclic amines) is 1. The number of aromatic nitrogens is 1. The van der Waals surface area contributed by atoms with Gasteiger partial charge in [-0.1, -0.05) is 0 Å². The lowest BCUT2D eigenvalue weighted by molar-refractivity contribution is 0.00743. The van der Waals surface area contributed by atoms with Crippen molar-refractivity contribution in [2.45, 2.75) is 65.3 Å². The van der Waals surface area contributed by atoms with E-state index >= 15 is 0 Å². The van der Waals surface area contributed by atoms with E-state index in [-0.39, 0.29) is 18.3 Å². The predicted octanol–water partition coefficient (Wildman–Crippen LogP) is 4.61. The fourth-order valence-electron chi connectivity index (χ4n) is 3.42. The zero-order valence-electron chi connectivity index (χ0n) is 18.3. The van der Waals surface area contributed by atoms with Gasteiger partial charge in [-0.05, 0) is 71.0 Å². The predicted molar refractivity (Wildman–Crippen MR) is 114 cm³/mol. The molecule has 1 aromatic heterocycles. The van der Waals surface area contributed by atoms with E-state index in [2.05, 4.69) is 4.98 Å². The molecule has 1 aliphatic heterocycles. The summed E-state index contributed by atoms with van der Waals surface area (Å²) in [5, 5.41) is 1.62. The van der Waals surface area contributed by atoms with E-state index in [1.807, 2.05) is 40.7 Å². The lowest BCUT2D eigenvalue weighted by Gasteiger charge is -2.34. The van der Waals surface area contributed by atoms with Gasteiger partial charge < -0.3 is 19.1 Å². The Hall–Kier alpha value is -2.83. The number of carbonyl (C=O) groups is 2. The highest BCUT2D eigenvalue weighted by Gasteiger charge is 2.29. The summed E-state index contributed by atoms with van der Waals surface area (Å²) < 4.78 is 17.5. The lowest BCUT2D eigenvalue weighted by Crippen LogP contribution is -2.46. The van der Waals surface area contributed by atoms with Crippen molar-refractivity contribution in [3.8, 4) is 11.6 Å². The quantitative estimate of drug-likeness (QED) is 0.665. The molecule has 1 atom stereocenters. The Labute approximate surface area is 177 Å². The van der Waals surface area contributed by atoms with Gasteiger partial charge in [0.25, 0.3) is 0 Å². The molecule has 1 aliphatic rings. The third-order valence-electron chi connectivity index (χ3n) is 4.66. The Bertz CT molecular complexity index is 920. The summed E-state index contributed by atoms with van der Waals surface area (Å²) in [4.78, 5) is 30.0. The molecule has 0 spiro atoms. The van der Waals surface area contributed by atoms with Crippen LogP contribution in [-0.4, -0.2) is 53.2 Å². The monoisotopic (exact) mass is 414 g/mol. The minimum atomic E-state index is -0.537. The molecule has 1 saturated heterocycles. The van der Waals surface area contributed by atoms with Crippen LogP contribution in [0.3, 0.4) is 0 Å². The Morgan fingerprint density at radius 2 is 2.07 bits per heavy atom. The fraction of sp³-hybridized carbons (Fsp3) is 0.522. The van der Waals surface area contributed by atoms with E-state index in [0.717, 1.165) is 29.9 Å². The van der Waals surface area contributed by atoms with Crippen LogP contribution in [0.1, 0.15) is 57.8 Å². The number of rotatable bonds is 5. The van der Waals surface area contributed by atoms with E-state index in [1.165, 1.54) is 0 Å². The number of aldehydes is 1. The van der Waals surface area contributed by atoms with Crippen LogP contribution in [0.2, 0.25) is 0 Å². The molecule has 0 aliphatic carbocycles. The molecule has 2 aromatic rings. The van der Waals surface area contributed by atoms with Gasteiger partial charge in [-0.25, -0.2) is 9.78 Å². The van der Waals surface area contributed by atoms with Crippen LogP contribution in [0, 0.1) is 0 Å². The molecule has 1 fully saturated rings. The first-order chi connectivity index (χ1) is 14.2. The number of fused-ring (bicyclic) bond motifs is 1. The number of nitrogens with zero attached hydrogens (tertiary/aromatic N) is 2. The van der Waals surface area contributed by atoms with Crippen LogP contribution < -0.4 is 9.47 Å². The number of benzene rings is 1. The largest absolute Gasteiger partial charge is 0.490 e. The van der Waals surface area contributed by atoms with Crippen molar-refractivity contribution in [1.29, 1.82) is 0 Å². The summed E-state index contributed by atoms with van der Waals surface area (Å²) in [6.07, 6.45) is 3.50. The summed E-state index contributed by atoms with van der Waals surface area (Å²) in [6.45, 7) is 10.5. The van der Waals surface area contributed by atoms with Gasteiger partial charge in [0.15, 0.2) is 6.29 Å².